The van der Waals surface area contributed by atoms with Crippen LogP contribution in [0.15, 0.2) is 47.4 Å². The maximum Gasteiger partial charge on any atom is 0.416 e. The average molecular weight is 468 g/mol. The van der Waals surface area contributed by atoms with Crippen LogP contribution in [-0.4, -0.2) is 28.5 Å². The fourth-order valence-electron chi connectivity index (χ4n) is 3.41. The number of carboxylic acid groups (broad SMARTS) is 1. The maximum atomic E-state index is 13.5. The lowest BCUT2D eigenvalue weighted by Gasteiger charge is -2.12. The number of aryl methyl sites for hydroxylation is 2. The van der Waals surface area contributed by atoms with E-state index in [1.54, 1.807) is 13.0 Å². The van der Waals surface area contributed by atoms with Crippen molar-refractivity contribution >= 4 is 48.4 Å². The van der Waals surface area contributed by atoms with Crippen molar-refractivity contribution in [2.45, 2.75) is 30.8 Å². The van der Waals surface area contributed by atoms with Crippen LogP contribution in [0.2, 0.25) is 0 Å². The monoisotopic (exact) mass is 468 g/mol. The second-order valence-electron chi connectivity index (χ2n) is 6.93. The summed E-state index contributed by atoms with van der Waals surface area (Å²) < 4.78 is 68.0. The topological polar surface area (TPSA) is 89.3 Å². The van der Waals surface area contributed by atoms with E-state index in [1.165, 1.54) is 29.5 Å². The Morgan fingerprint density at radius 2 is 1.90 bits per heavy atom. The number of benzene rings is 2. The van der Waals surface area contributed by atoms with Crippen molar-refractivity contribution in [2.75, 3.05) is 0 Å². The minimum atomic E-state index is -4.59. The molecule has 0 atom stereocenters. The van der Waals surface area contributed by atoms with Crippen molar-refractivity contribution in [2.24, 2.45) is 0 Å². The third kappa shape index (κ3) is 3.90. The molecule has 4 aromatic rings. The van der Waals surface area contributed by atoms with Gasteiger partial charge in [-0.3, -0.25) is 4.79 Å². The van der Waals surface area contributed by atoms with E-state index in [0.717, 1.165) is 31.9 Å². The Hall–Kier alpha value is -2.92. The molecule has 0 aliphatic rings. The van der Waals surface area contributed by atoms with Crippen molar-refractivity contribution < 1.29 is 31.5 Å². The molecule has 162 valence electrons. The van der Waals surface area contributed by atoms with Gasteiger partial charge in [0.05, 0.1) is 37.6 Å². The molecule has 0 unspecified atom stereocenters. The van der Waals surface area contributed by atoms with Crippen LogP contribution >= 0.6 is 11.3 Å². The summed E-state index contributed by atoms with van der Waals surface area (Å²) >= 11 is 1.41. The number of halogens is 3. The first kappa shape index (κ1) is 21.3. The van der Waals surface area contributed by atoms with Crippen LogP contribution in [0.4, 0.5) is 13.2 Å². The third-order valence-corrected chi connectivity index (χ3v) is 7.47. The third-order valence-electron chi connectivity index (χ3n) is 4.76. The number of fused-ring (bicyclic) bond motifs is 2. The van der Waals surface area contributed by atoms with Crippen molar-refractivity contribution in [3.63, 3.8) is 0 Å². The standard InChI is InChI=1S/C20H15F3N2O4S2/c1-11-24-16-10-15(4-6-18(16)30-11)31(28,29)25-14(3-7-19(26)27)9-12-8-13(20(21,22)23)2-5-17(12)25/h2,4-6,8-10H,3,7H2,1H3,(H,26,27). The highest BCUT2D eigenvalue weighted by Crippen LogP contribution is 2.34. The molecular weight excluding hydrogens is 453 g/mol. The van der Waals surface area contributed by atoms with Crippen LogP contribution in [-0.2, 0) is 27.4 Å². The predicted octanol–water partition coefficient (Wildman–Crippen LogP) is 4.83. The number of carbonyl (C=O) groups is 1. The van der Waals surface area contributed by atoms with Gasteiger partial charge >= 0.3 is 12.1 Å². The van der Waals surface area contributed by atoms with Gasteiger partial charge in [0.15, 0.2) is 0 Å². The molecule has 0 radical (unpaired) electrons. The molecule has 0 spiro atoms. The quantitative estimate of drug-likeness (QED) is 0.453. The normalized spacial score (nSPS) is 12.6. The summed E-state index contributed by atoms with van der Waals surface area (Å²) in [6, 6.07) is 8.48. The lowest BCUT2D eigenvalue weighted by molar-refractivity contribution is -0.138. The van der Waals surface area contributed by atoms with E-state index >= 15 is 0 Å². The number of aliphatic carboxylic acids is 1. The average Bonchev–Trinajstić information content (AvgIpc) is 3.23. The van der Waals surface area contributed by atoms with E-state index in [4.69, 9.17) is 5.11 Å². The molecule has 0 bridgehead atoms. The molecule has 0 aliphatic carbocycles. The number of thiazole rings is 1. The van der Waals surface area contributed by atoms with Crippen LogP contribution in [0.3, 0.4) is 0 Å². The van der Waals surface area contributed by atoms with Crippen molar-refractivity contribution in [1.29, 1.82) is 0 Å². The van der Waals surface area contributed by atoms with Crippen LogP contribution in [0.1, 0.15) is 22.7 Å². The number of alkyl halides is 3. The highest BCUT2D eigenvalue weighted by molar-refractivity contribution is 7.90. The van der Waals surface area contributed by atoms with Gasteiger partial charge in [-0.1, -0.05) is 0 Å². The Labute approximate surface area is 178 Å². The number of nitrogens with zero attached hydrogens (tertiary/aromatic N) is 2. The van der Waals surface area contributed by atoms with Gasteiger partial charge in [0, 0.05) is 11.1 Å². The SMILES string of the molecule is Cc1nc2cc(S(=O)(=O)n3c(CCC(=O)O)cc4cc(C(F)(F)F)ccc43)ccc2s1. The Kier molecular flexibility index (Phi) is 5.05. The molecule has 6 nitrogen and oxygen atoms in total. The second-order valence-corrected chi connectivity index (χ2v) is 9.95. The first-order valence-electron chi connectivity index (χ1n) is 9.03. The molecule has 0 fully saturated rings. The molecule has 2 aromatic heterocycles. The molecule has 2 heterocycles. The Morgan fingerprint density at radius 1 is 1.16 bits per heavy atom. The molecule has 0 aliphatic heterocycles. The first-order chi connectivity index (χ1) is 14.5. The molecule has 1 N–H and O–H groups in total. The summed E-state index contributed by atoms with van der Waals surface area (Å²) in [6.07, 6.45) is -5.13. The zero-order chi connectivity index (χ0) is 22.6. The number of aromatic nitrogens is 2. The Balaban J connectivity index is 1.93. The fraction of sp³-hybridized carbons (Fsp3) is 0.200. The minimum absolute atomic E-state index is 0.0444. The molecule has 31 heavy (non-hydrogen) atoms. The van der Waals surface area contributed by atoms with Crippen molar-refractivity contribution in [3.05, 3.63) is 58.7 Å². The smallest absolute Gasteiger partial charge is 0.416 e. The van der Waals surface area contributed by atoms with Crippen molar-refractivity contribution in [3.8, 4) is 0 Å². The van der Waals surface area contributed by atoms with Gasteiger partial charge in [-0.2, -0.15) is 13.2 Å². The first-order valence-corrected chi connectivity index (χ1v) is 11.3. The van der Waals surface area contributed by atoms with E-state index in [0.29, 0.717) is 5.52 Å². The Bertz CT molecular complexity index is 1440. The highest BCUT2D eigenvalue weighted by Gasteiger charge is 2.32. The van der Waals surface area contributed by atoms with Gasteiger partial charge in [-0.05, 0) is 55.8 Å². The molecular formula is C20H15F3N2O4S2. The molecule has 0 saturated heterocycles. The predicted molar refractivity (Wildman–Crippen MR) is 110 cm³/mol. The van der Waals surface area contributed by atoms with Crippen LogP contribution in [0, 0.1) is 6.92 Å². The lowest BCUT2D eigenvalue weighted by Crippen LogP contribution is -2.16. The van der Waals surface area contributed by atoms with Gasteiger partial charge in [0.2, 0.25) is 0 Å². The van der Waals surface area contributed by atoms with E-state index in [1.807, 2.05) is 0 Å². The summed E-state index contributed by atoms with van der Waals surface area (Å²) in [6.45, 7) is 1.79. The van der Waals surface area contributed by atoms with E-state index in [-0.39, 0.29) is 34.3 Å². The summed E-state index contributed by atoms with van der Waals surface area (Å²) in [5.74, 6) is -1.15. The number of hydrogen-bond donors (Lipinski definition) is 1. The summed E-state index contributed by atoms with van der Waals surface area (Å²) in [4.78, 5) is 15.2. The minimum Gasteiger partial charge on any atom is -0.481 e. The number of rotatable bonds is 5. The van der Waals surface area contributed by atoms with Gasteiger partial charge in [-0.15, -0.1) is 11.3 Å². The van der Waals surface area contributed by atoms with Crippen LogP contribution < -0.4 is 0 Å². The summed E-state index contributed by atoms with van der Waals surface area (Å²) in [7, 11) is -4.22. The van der Waals surface area contributed by atoms with Crippen molar-refractivity contribution in [1.82, 2.24) is 8.96 Å². The molecule has 0 saturated carbocycles. The molecule has 2 aromatic carbocycles. The van der Waals surface area contributed by atoms with Crippen LogP contribution in [0.25, 0.3) is 21.1 Å². The maximum absolute atomic E-state index is 13.5. The second kappa shape index (κ2) is 7.34. The lowest BCUT2D eigenvalue weighted by atomic mass is 10.1. The Morgan fingerprint density at radius 3 is 2.58 bits per heavy atom. The van der Waals surface area contributed by atoms with E-state index in [9.17, 15) is 26.4 Å². The van der Waals surface area contributed by atoms with Gasteiger partial charge < -0.3 is 5.11 Å². The van der Waals surface area contributed by atoms with Gasteiger partial charge in [0.1, 0.15) is 0 Å². The van der Waals surface area contributed by atoms with Gasteiger partial charge in [0.25, 0.3) is 10.0 Å². The number of carboxylic acids is 1. The highest BCUT2D eigenvalue weighted by atomic mass is 32.2. The molecule has 0 amide bonds. The summed E-state index contributed by atoms with van der Waals surface area (Å²) in [5, 5.41) is 9.84. The zero-order valence-corrected chi connectivity index (χ0v) is 17.6. The van der Waals surface area contributed by atoms with E-state index < -0.39 is 27.7 Å². The molecule has 4 rings (SSSR count). The largest absolute Gasteiger partial charge is 0.481 e. The van der Waals surface area contributed by atoms with E-state index in [2.05, 4.69) is 4.98 Å². The van der Waals surface area contributed by atoms with Crippen LogP contribution in [0.5, 0.6) is 0 Å². The molecule has 11 heteroatoms. The zero-order valence-electron chi connectivity index (χ0n) is 16.0. The van der Waals surface area contributed by atoms with Gasteiger partial charge in [-0.25, -0.2) is 17.4 Å². The summed E-state index contributed by atoms with van der Waals surface area (Å²) in [5.41, 5.74) is -0.292. The fourth-order valence-corrected chi connectivity index (χ4v) is 5.80. The number of hydrogen-bond acceptors (Lipinski definition) is 5.